The molecular formula is C7H6FN3. The second kappa shape index (κ2) is 2.02. The zero-order chi connectivity index (χ0) is 7.84. The van der Waals surface area contributed by atoms with Gasteiger partial charge in [-0.15, -0.1) is 0 Å². The summed E-state index contributed by atoms with van der Waals surface area (Å²) in [4.78, 5) is 3.74. The molecule has 0 aromatic carbocycles. The first-order valence-electron chi connectivity index (χ1n) is 3.23. The molecule has 0 bridgehead atoms. The number of hydrogen-bond donors (Lipinski definition) is 0. The number of nitrogens with zero attached hydrogens (tertiary/aromatic N) is 3. The molecule has 3 nitrogen and oxygen atoms in total. The fourth-order valence-corrected chi connectivity index (χ4v) is 1.01. The highest BCUT2D eigenvalue weighted by molar-refractivity contribution is 5.39. The maximum atomic E-state index is 13.0. The predicted molar refractivity (Wildman–Crippen MR) is 37.7 cm³/mol. The Morgan fingerprint density at radius 3 is 3.18 bits per heavy atom. The monoisotopic (exact) mass is 151 g/mol. The summed E-state index contributed by atoms with van der Waals surface area (Å²) in [6.07, 6.45) is 3.06. The Kier molecular flexibility index (Phi) is 1.15. The van der Waals surface area contributed by atoms with Crippen molar-refractivity contribution in [2.75, 3.05) is 0 Å². The Bertz CT molecular complexity index is 393. The van der Waals surface area contributed by atoms with E-state index in [0.717, 1.165) is 5.56 Å². The summed E-state index contributed by atoms with van der Waals surface area (Å²) in [5, 5.41) is 3.81. The Hall–Kier alpha value is -1.45. The molecule has 4 heteroatoms. The third-order valence-electron chi connectivity index (χ3n) is 1.47. The largest absolute Gasteiger partial charge is 0.218 e. The van der Waals surface area contributed by atoms with E-state index in [9.17, 15) is 4.39 Å². The minimum atomic E-state index is -0.331. The van der Waals surface area contributed by atoms with Crippen molar-refractivity contribution in [3.63, 3.8) is 0 Å². The maximum Gasteiger partial charge on any atom is 0.191 e. The molecule has 0 saturated heterocycles. The molecule has 2 aromatic heterocycles. The van der Waals surface area contributed by atoms with E-state index >= 15 is 0 Å². The van der Waals surface area contributed by atoms with E-state index < -0.39 is 0 Å². The van der Waals surface area contributed by atoms with Crippen molar-refractivity contribution >= 4 is 5.65 Å². The molecule has 0 N–H and O–H groups in total. The standard InChI is InChI=1S/C7H6FN3/c1-5-2-6(8)7-9-4-10-11(7)3-5/h2-4H,1H3. The number of halogens is 1. The summed E-state index contributed by atoms with van der Waals surface area (Å²) in [6.45, 7) is 1.81. The van der Waals surface area contributed by atoms with Crippen LogP contribution in [0.1, 0.15) is 5.56 Å². The molecule has 11 heavy (non-hydrogen) atoms. The van der Waals surface area contributed by atoms with E-state index in [1.54, 1.807) is 6.20 Å². The first-order valence-corrected chi connectivity index (χ1v) is 3.23. The fraction of sp³-hybridized carbons (Fsp3) is 0.143. The summed E-state index contributed by atoms with van der Waals surface area (Å²) < 4.78 is 14.4. The number of hydrogen-bond acceptors (Lipinski definition) is 2. The number of aryl methyl sites for hydroxylation is 1. The van der Waals surface area contributed by atoms with Crippen LogP contribution in [-0.2, 0) is 0 Å². The van der Waals surface area contributed by atoms with Crippen LogP contribution in [0.5, 0.6) is 0 Å². The highest BCUT2D eigenvalue weighted by Crippen LogP contribution is 2.07. The van der Waals surface area contributed by atoms with E-state index in [0.29, 0.717) is 0 Å². The highest BCUT2D eigenvalue weighted by Gasteiger charge is 2.01. The van der Waals surface area contributed by atoms with Crippen LogP contribution >= 0.6 is 0 Å². The fourth-order valence-electron chi connectivity index (χ4n) is 1.01. The van der Waals surface area contributed by atoms with Gasteiger partial charge in [-0.3, -0.25) is 0 Å². The summed E-state index contributed by atoms with van der Waals surface area (Å²) >= 11 is 0. The molecule has 0 spiro atoms. The van der Waals surface area contributed by atoms with E-state index in [-0.39, 0.29) is 11.5 Å². The first-order chi connectivity index (χ1) is 5.27. The van der Waals surface area contributed by atoms with Crippen molar-refractivity contribution in [3.05, 3.63) is 30.0 Å². The SMILES string of the molecule is Cc1cc(F)c2ncnn2c1. The molecule has 0 saturated carbocycles. The molecule has 0 atom stereocenters. The van der Waals surface area contributed by atoms with Crippen LogP contribution in [-0.4, -0.2) is 14.6 Å². The lowest BCUT2D eigenvalue weighted by Gasteiger charge is -1.94. The van der Waals surface area contributed by atoms with Crippen molar-refractivity contribution in [1.82, 2.24) is 14.6 Å². The van der Waals surface area contributed by atoms with Gasteiger partial charge in [-0.1, -0.05) is 0 Å². The number of aromatic nitrogens is 3. The van der Waals surface area contributed by atoms with Gasteiger partial charge in [0.2, 0.25) is 0 Å². The van der Waals surface area contributed by atoms with Crippen molar-refractivity contribution < 1.29 is 4.39 Å². The Morgan fingerprint density at radius 1 is 1.55 bits per heavy atom. The second-order valence-electron chi connectivity index (χ2n) is 2.39. The van der Waals surface area contributed by atoms with E-state index in [4.69, 9.17) is 0 Å². The van der Waals surface area contributed by atoms with Crippen molar-refractivity contribution in [1.29, 1.82) is 0 Å². The summed E-state index contributed by atoms with van der Waals surface area (Å²) in [7, 11) is 0. The topological polar surface area (TPSA) is 30.2 Å². The molecule has 2 heterocycles. The van der Waals surface area contributed by atoms with Gasteiger partial charge in [0.15, 0.2) is 11.5 Å². The van der Waals surface area contributed by atoms with E-state index in [1.165, 1.54) is 16.9 Å². The number of fused-ring (bicyclic) bond motifs is 1. The quantitative estimate of drug-likeness (QED) is 0.565. The minimum absolute atomic E-state index is 0.274. The summed E-state index contributed by atoms with van der Waals surface area (Å²) in [5.41, 5.74) is 1.11. The highest BCUT2D eigenvalue weighted by atomic mass is 19.1. The molecule has 2 rings (SSSR count). The van der Waals surface area contributed by atoms with Crippen LogP contribution in [0.4, 0.5) is 4.39 Å². The van der Waals surface area contributed by atoms with Crippen LogP contribution in [0.3, 0.4) is 0 Å². The minimum Gasteiger partial charge on any atom is -0.218 e. The van der Waals surface area contributed by atoms with Crippen LogP contribution in [0, 0.1) is 12.7 Å². The molecule has 2 aromatic rings. The lowest BCUT2D eigenvalue weighted by atomic mass is 10.3. The smallest absolute Gasteiger partial charge is 0.191 e. The molecule has 56 valence electrons. The molecule has 0 aliphatic rings. The van der Waals surface area contributed by atoms with Crippen LogP contribution in [0.2, 0.25) is 0 Å². The Morgan fingerprint density at radius 2 is 2.36 bits per heavy atom. The zero-order valence-corrected chi connectivity index (χ0v) is 5.95. The number of pyridine rings is 1. The lowest BCUT2D eigenvalue weighted by Crippen LogP contribution is -1.91. The van der Waals surface area contributed by atoms with Gasteiger partial charge in [-0.05, 0) is 18.6 Å². The number of rotatable bonds is 0. The van der Waals surface area contributed by atoms with Crippen molar-refractivity contribution in [3.8, 4) is 0 Å². The van der Waals surface area contributed by atoms with Gasteiger partial charge in [-0.2, -0.15) is 5.10 Å². The molecule has 0 unspecified atom stereocenters. The lowest BCUT2D eigenvalue weighted by molar-refractivity contribution is 0.626. The Balaban J connectivity index is 2.91. The molecule has 0 fully saturated rings. The van der Waals surface area contributed by atoms with Gasteiger partial charge in [0.05, 0.1) is 0 Å². The first kappa shape index (κ1) is 6.27. The molecule has 0 amide bonds. The van der Waals surface area contributed by atoms with E-state index in [1.807, 2.05) is 6.92 Å². The predicted octanol–water partition coefficient (Wildman–Crippen LogP) is 1.18. The second-order valence-corrected chi connectivity index (χ2v) is 2.39. The van der Waals surface area contributed by atoms with Gasteiger partial charge < -0.3 is 0 Å². The average Bonchev–Trinajstić information content (AvgIpc) is 2.34. The van der Waals surface area contributed by atoms with Gasteiger partial charge in [0, 0.05) is 6.20 Å². The Labute approximate surface area is 62.5 Å². The van der Waals surface area contributed by atoms with Crippen molar-refractivity contribution in [2.24, 2.45) is 0 Å². The van der Waals surface area contributed by atoms with Crippen molar-refractivity contribution in [2.45, 2.75) is 6.92 Å². The molecular weight excluding hydrogens is 145 g/mol. The average molecular weight is 151 g/mol. The summed E-state index contributed by atoms with van der Waals surface area (Å²) in [6, 6.07) is 1.43. The van der Waals surface area contributed by atoms with Gasteiger partial charge in [0.25, 0.3) is 0 Å². The third-order valence-corrected chi connectivity index (χ3v) is 1.47. The maximum absolute atomic E-state index is 13.0. The normalized spacial score (nSPS) is 10.7. The van der Waals surface area contributed by atoms with Gasteiger partial charge in [0.1, 0.15) is 6.33 Å². The van der Waals surface area contributed by atoms with Gasteiger partial charge in [-0.25, -0.2) is 13.9 Å². The molecule has 0 aliphatic carbocycles. The van der Waals surface area contributed by atoms with Crippen LogP contribution < -0.4 is 0 Å². The van der Waals surface area contributed by atoms with E-state index in [2.05, 4.69) is 10.1 Å². The zero-order valence-electron chi connectivity index (χ0n) is 5.95. The van der Waals surface area contributed by atoms with Crippen LogP contribution in [0.25, 0.3) is 5.65 Å². The molecule has 0 radical (unpaired) electrons. The third kappa shape index (κ3) is 0.869. The summed E-state index contributed by atoms with van der Waals surface area (Å²) in [5.74, 6) is -0.331. The molecule has 0 aliphatic heterocycles. The van der Waals surface area contributed by atoms with Gasteiger partial charge >= 0.3 is 0 Å². The van der Waals surface area contributed by atoms with Crippen LogP contribution in [0.15, 0.2) is 18.6 Å².